The van der Waals surface area contributed by atoms with Crippen molar-refractivity contribution in [1.29, 1.82) is 0 Å². The van der Waals surface area contributed by atoms with Crippen molar-refractivity contribution in [3.8, 4) is 11.1 Å². The highest BCUT2D eigenvalue weighted by Crippen LogP contribution is 2.30. The van der Waals surface area contributed by atoms with Gasteiger partial charge in [-0.2, -0.15) is 0 Å². The second-order valence-electron chi connectivity index (χ2n) is 9.48. The summed E-state index contributed by atoms with van der Waals surface area (Å²) < 4.78 is 0. The molecule has 0 radical (unpaired) electrons. The lowest BCUT2D eigenvalue weighted by molar-refractivity contribution is -0.133. The predicted octanol–water partition coefficient (Wildman–Crippen LogP) is 6.71. The standard InChI is InChI=1S/C32H31NO/c1-23-15-17-25(18-16-23)22-33(29-19-27-12-6-7-13-28(27)20-29)32(34)21-31-24(2)9-8-14-30(31)26-10-4-3-5-11-26/h3-18,29H,19-22H2,1-2H3. The van der Waals surface area contributed by atoms with Crippen LogP contribution in [0.5, 0.6) is 0 Å². The maximum atomic E-state index is 14.0. The van der Waals surface area contributed by atoms with Crippen molar-refractivity contribution in [3.63, 3.8) is 0 Å². The highest BCUT2D eigenvalue weighted by atomic mass is 16.2. The summed E-state index contributed by atoms with van der Waals surface area (Å²) in [4.78, 5) is 16.1. The Morgan fingerprint density at radius 2 is 1.41 bits per heavy atom. The van der Waals surface area contributed by atoms with E-state index < -0.39 is 0 Å². The molecule has 0 heterocycles. The third kappa shape index (κ3) is 4.68. The lowest BCUT2D eigenvalue weighted by Crippen LogP contribution is -2.41. The minimum absolute atomic E-state index is 0.190. The summed E-state index contributed by atoms with van der Waals surface area (Å²) in [5.74, 6) is 0.199. The Bertz CT molecular complexity index is 1270. The largest absolute Gasteiger partial charge is 0.334 e. The van der Waals surface area contributed by atoms with Crippen molar-refractivity contribution in [1.82, 2.24) is 4.90 Å². The number of hydrogen-bond acceptors (Lipinski definition) is 1. The molecule has 0 unspecified atom stereocenters. The predicted molar refractivity (Wildman–Crippen MR) is 140 cm³/mol. The maximum Gasteiger partial charge on any atom is 0.227 e. The first kappa shape index (κ1) is 22.2. The molecule has 1 aliphatic rings. The van der Waals surface area contributed by atoms with E-state index in [1.165, 1.54) is 27.8 Å². The van der Waals surface area contributed by atoms with E-state index in [9.17, 15) is 4.79 Å². The van der Waals surface area contributed by atoms with Crippen LogP contribution in [0.15, 0.2) is 97.1 Å². The molecule has 4 aromatic rings. The lowest BCUT2D eigenvalue weighted by Gasteiger charge is -2.30. The molecular formula is C32H31NO. The van der Waals surface area contributed by atoms with Gasteiger partial charge < -0.3 is 4.90 Å². The van der Waals surface area contributed by atoms with Crippen LogP contribution in [0.1, 0.15) is 33.4 Å². The second kappa shape index (κ2) is 9.69. The lowest BCUT2D eigenvalue weighted by atomic mass is 9.93. The fourth-order valence-electron chi connectivity index (χ4n) is 5.14. The quantitative estimate of drug-likeness (QED) is 0.323. The summed E-state index contributed by atoms with van der Waals surface area (Å²) in [5, 5.41) is 0. The van der Waals surface area contributed by atoms with E-state index in [1.54, 1.807) is 0 Å². The summed E-state index contributed by atoms with van der Waals surface area (Å²) in [6, 6.07) is 34.1. The Labute approximate surface area is 202 Å². The average molecular weight is 446 g/mol. The van der Waals surface area contributed by atoms with Gasteiger partial charge in [0.15, 0.2) is 0 Å². The number of aryl methyl sites for hydroxylation is 2. The summed E-state index contributed by atoms with van der Waals surface area (Å²) >= 11 is 0. The highest BCUT2D eigenvalue weighted by molar-refractivity contribution is 5.83. The normalized spacial score (nSPS) is 13.0. The van der Waals surface area contributed by atoms with Gasteiger partial charge in [0.1, 0.15) is 0 Å². The van der Waals surface area contributed by atoms with E-state index in [-0.39, 0.29) is 11.9 Å². The molecule has 0 saturated carbocycles. The summed E-state index contributed by atoms with van der Waals surface area (Å²) in [6.45, 7) is 4.86. The van der Waals surface area contributed by atoms with Gasteiger partial charge in [-0.05, 0) is 65.6 Å². The monoisotopic (exact) mass is 445 g/mol. The smallest absolute Gasteiger partial charge is 0.227 e. The minimum atomic E-state index is 0.190. The Kier molecular flexibility index (Phi) is 6.31. The molecule has 34 heavy (non-hydrogen) atoms. The van der Waals surface area contributed by atoms with E-state index in [0.29, 0.717) is 13.0 Å². The number of rotatable bonds is 6. The van der Waals surface area contributed by atoms with Gasteiger partial charge in [0.25, 0.3) is 0 Å². The van der Waals surface area contributed by atoms with Gasteiger partial charge in [-0.25, -0.2) is 0 Å². The van der Waals surface area contributed by atoms with Crippen LogP contribution in [-0.2, 0) is 30.6 Å². The van der Waals surface area contributed by atoms with Gasteiger partial charge in [0.05, 0.1) is 6.42 Å². The Morgan fingerprint density at radius 3 is 2.09 bits per heavy atom. The van der Waals surface area contributed by atoms with Gasteiger partial charge in [-0.15, -0.1) is 0 Å². The Hall–Kier alpha value is -3.65. The van der Waals surface area contributed by atoms with Gasteiger partial charge in [-0.3, -0.25) is 4.79 Å². The van der Waals surface area contributed by atoms with E-state index in [0.717, 1.165) is 29.5 Å². The number of nitrogens with zero attached hydrogens (tertiary/aromatic N) is 1. The molecule has 2 nitrogen and oxygen atoms in total. The van der Waals surface area contributed by atoms with Crippen LogP contribution in [0.25, 0.3) is 11.1 Å². The topological polar surface area (TPSA) is 20.3 Å². The number of carbonyl (C=O) groups is 1. The number of fused-ring (bicyclic) bond motifs is 1. The van der Waals surface area contributed by atoms with Crippen LogP contribution in [0.3, 0.4) is 0 Å². The average Bonchev–Trinajstić information content (AvgIpc) is 3.29. The number of carbonyl (C=O) groups excluding carboxylic acids is 1. The fraction of sp³-hybridized carbons (Fsp3) is 0.219. The van der Waals surface area contributed by atoms with E-state index >= 15 is 0 Å². The zero-order valence-corrected chi connectivity index (χ0v) is 20.0. The van der Waals surface area contributed by atoms with Crippen LogP contribution in [0.2, 0.25) is 0 Å². The molecule has 170 valence electrons. The summed E-state index contributed by atoms with van der Waals surface area (Å²) in [6.07, 6.45) is 2.26. The molecular weight excluding hydrogens is 414 g/mol. The van der Waals surface area contributed by atoms with Gasteiger partial charge in [0.2, 0.25) is 5.91 Å². The van der Waals surface area contributed by atoms with Gasteiger partial charge in [-0.1, -0.05) is 103 Å². The molecule has 0 bridgehead atoms. The van der Waals surface area contributed by atoms with Crippen molar-refractivity contribution >= 4 is 5.91 Å². The van der Waals surface area contributed by atoms with Crippen LogP contribution in [0.4, 0.5) is 0 Å². The molecule has 2 heteroatoms. The molecule has 0 aromatic heterocycles. The van der Waals surface area contributed by atoms with Crippen LogP contribution in [0, 0.1) is 13.8 Å². The SMILES string of the molecule is Cc1ccc(CN(C(=O)Cc2c(C)cccc2-c2ccccc2)C2Cc3ccccc3C2)cc1. The molecule has 0 spiro atoms. The Morgan fingerprint density at radius 1 is 0.765 bits per heavy atom. The van der Waals surface area contributed by atoms with Gasteiger partial charge >= 0.3 is 0 Å². The Balaban J connectivity index is 1.46. The molecule has 1 aliphatic carbocycles. The van der Waals surface area contributed by atoms with E-state index in [2.05, 4.69) is 110 Å². The van der Waals surface area contributed by atoms with Crippen molar-refractivity contribution < 1.29 is 4.79 Å². The number of amides is 1. The molecule has 5 rings (SSSR count). The molecule has 0 atom stereocenters. The van der Waals surface area contributed by atoms with Crippen molar-refractivity contribution in [2.75, 3.05) is 0 Å². The van der Waals surface area contributed by atoms with Gasteiger partial charge in [0, 0.05) is 12.6 Å². The molecule has 0 saturated heterocycles. The summed E-state index contributed by atoms with van der Waals surface area (Å²) in [7, 11) is 0. The van der Waals surface area contributed by atoms with Crippen molar-refractivity contribution in [3.05, 3.63) is 130 Å². The first-order valence-corrected chi connectivity index (χ1v) is 12.1. The van der Waals surface area contributed by atoms with E-state index in [4.69, 9.17) is 0 Å². The number of benzene rings is 4. The zero-order chi connectivity index (χ0) is 23.5. The third-order valence-corrected chi connectivity index (χ3v) is 7.09. The van der Waals surface area contributed by atoms with Crippen LogP contribution >= 0.6 is 0 Å². The van der Waals surface area contributed by atoms with Crippen LogP contribution in [-0.4, -0.2) is 16.8 Å². The first-order valence-electron chi connectivity index (χ1n) is 12.1. The zero-order valence-electron chi connectivity index (χ0n) is 20.0. The molecule has 0 N–H and O–H groups in total. The maximum absolute atomic E-state index is 14.0. The fourth-order valence-corrected chi connectivity index (χ4v) is 5.14. The molecule has 4 aromatic carbocycles. The minimum Gasteiger partial charge on any atom is -0.334 e. The second-order valence-corrected chi connectivity index (χ2v) is 9.48. The van der Waals surface area contributed by atoms with Crippen molar-refractivity contribution in [2.45, 2.75) is 45.7 Å². The molecule has 1 amide bonds. The first-order chi connectivity index (χ1) is 16.6. The van der Waals surface area contributed by atoms with Crippen molar-refractivity contribution in [2.24, 2.45) is 0 Å². The third-order valence-electron chi connectivity index (χ3n) is 7.09. The highest BCUT2D eigenvalue weighted by Gasteiger charge is 2.30. The number of hydrogen-bond donors (Lipinski definition) is 0. The molecule has 0 fully saturated rings. The van der Waals surface area contributed by atoms with Crippen LogP contribution < -0.4 is 0 Å². The summed E-state index contributed by atoms with van der Waals surface area (Å²) in [5.41, 5.74) is 9.77. The molecule has 0 aliphatic heterocycles. The van der Waals surface area contributed by atoms with E-state index in [1.807, 2.05) is 6.07 Å².